The van der Waals surface area contributed by atoms with Gasteiger partial charge in [0.1, 0.15) is 0 Å². The summed E-state index contributed by atoms with van der Waals surface area (Å²) in [5, 5.41) is 3.17. The van der Waals surface area contributed by atoms with Gasteiger partial charge in [-0.05, 0) is 18.4 Å². The third kappa shape index (κ3) is 5.60. The number of carbonyl (C=O) groups is 1. The van der Waals surface area contributed by atoms with Crippen LogP contribution < -0.4 is 5.32 Å². The first-order valence-corrected chi connectivity index (χ1v) is 9.28. The molecule has 1 N–H and O–H groups in total. The van der Waals surface area contributed by atoms with Crippen LogP contribution >= 0.6 is 0 Å². The zero-order valence-corrected chi connectivity index (χ0v) is 15.4. The van der Waals surface area contributed by atoms with Crippen LogP contribution in [0, 0.1) is 12.8 Å². The predicted octanol–water partition coefficient (Wildman–Crippen LogP) is 2.79. The highest BCUT2D eigenvalue weighted by molar-refractivity contribution is 5.78. The van der Waals surface area contributed by atoms with E-state index in [2.05, 4.69) is 43.1 Å². The van der Waals surface area contributed by atoms with Crippen LogP contribution in [0.3, 0.4) is 0 Å². The monoisotopic (exact) mass is 332 g/mol. The molecule has 134 valence electrons. The number of ether oxygens (including phenoxy) is 1. The largest absolute Gasteiger partial charge is 0.379 e. The van der Waals surface area contributed by atoms with E-state index in [4.69, 9.17) is 4.74 Å². The number of rotatable bonds is 8. The van der Waals surface area contributed by atoms with E-state index in [1.54, 1.807) is 0 Å². The second-order valence-corrected chi connectivity index (χ2v) is 6.76. The van der Waals surface area contributed by atoms with Gasteiger partial charge in [0.2, 0.25) is 5.91 Å². The van der Waals surface area contributed by atoms with Crippen molar-refractivity contribution in [2.45, 2.75) is 46.1 Å². The van der Waals surface area contributed by atoms with E-state index in [0.29, 0.717) is 18.4 Å². The summed E-state index contributed by atoms with van der Waals surface area (Å²) in [4.78, 5) is 14.8. The Kier molecular flexibility index (Phi) is 7.73. The Morgan fingerprint density at radius 1 is 1.17 bits per heavy atom. The molecule has 4 nitrogen and oxygen atoms in total. The van der Waals surface area contributed by atoms with Crippen LogP contribution in [0.1, 0.15) is 37.8 Å². The highest BCUT2D eigenvalue weighted by Gasteiger charge is 2.27. The number of aryl methyl sites for hydroxylation is 1. The van der Waals surface area contributed by atoms with E-state index < -0.39 is 0 Å². The predicted molar refractivity (Wildman–Crippen MR) is 98.1 cm³/mol. The summed E-state index contributed by atoms with van der Waals surface area (Å²) in [5.41, 5.74) is 2.30. The normalized spacial score (nSPS) is 17.0. The summed E-state index contributed by atoms with van der Waals surface area (Å²) in [6.45, 7) is 10.8. The second kappa shape index (κ2) is 9.80. The van der Waals surface area contributed by atoms with Crippen molar-refractivity contribution >= 4 is 5.91 Å². The van der Waals surface area contributed by atoms with E-state index in [-0.39, 0.29) is 5.91 Å². The fourth-order valence-electron chi connectivity index (χ4n) is 3.51. The Morgan fingerprint density at radius 3 is 2.38 bits per heavy atom. The molecule has 0 radical (unpaired) electrons. The van der Waals surface area contributed by atoms with Crippen molar-refractivity contribution in [3.8, 4) is 0 Å². The molecule has 0 bridgehead atoms. The van der Waals surface area contributed by atoms with Gasteiger partial charge in [0, 0.05) is 25.7 Å². The fraction of sp³-hybridized carbons (Fsp3) is 0.650. The molecule has 1 fully saturated rings. The van der Waals surface area contributed by atoms with Gasteiger partial charge in [-0.25, -0.2) is 0 Å². The molecule has 1 aromatic rings. The van der Waals surface area contributed by atoms with Crippen LogP contribution in [-0.4, -0.2) is 49.7 Å². The molecule has 4 heteroatoms. The average Bonchev–Trinajstić information content (AvgIpc) is 2.61. The summed E-state index contributed by atoms with van der Waals surface area (Å²) in [6.07, 6.45) is 2.75. The molecule has 1 atom stereocenters. The Labute approximate surface area is 146 Å². The minimum atomic E-state index is 0.114. The van der Waals surface area contributed by atoms with Crippen LogP contribution in [0.25, 0.3) is 0 Å². The van der Waals surface area contributed by atoms with Crippen molar-refractivity contribution in [1.82, 2.24) is 10.2 Å². The Balaban J connectivity index is 1.90. The number of carbonyl (C=O) groups excluding carboxylic acids is 1. The highest BCUT2D eigenvalue weighted by atomic mass is 16.5. The molecule has 1 aliphatic heterocycles. The Hall–Kier alpha value is -1.39. The summed E-state index contributed by atoms with van der Waals surface area (Å²) < 4.78 is 5.48. The summed E-state index contributed by atoms with van der Waals surface area (Å²) >= 11 is 0. The molecule has 1 aliphatic rings. The Morgan fingerprint density at radius 2 is 1.79 bits per heavy atom. The smallest absolute Gasteiger partial charge is 0.224 e. The van der Waals surface area contributed by atoms with Gasteiger partial charge < -0.3 is 10.1 Å². The second-order valence-electron chi connectivity index (χ2n) is 6.76. The number of nitrogens with zero attached hydrogens (tertiary/aromatic N) is 1. The lowest BCUT2D eigenvalue weighted by Crippen LogP contribution is -2.52. The quantitative estimate of drug-likeness (QED) is 0.796. The van der Waals surface area contributed by atoms with E-state index >= 15 is 0 Å². The zero-order chi connectivity index (χ0) is 17.4. The standard InChI is InChI=1S/C20H32N2O2/c1-4-18(5-2)19(22-10-12-24-13-11-22)15-21-20(23)14-17-8-6-16(3)7-9-17/h6-9,18-19H,4-5,10-15H2,1-3H3,(H,21,23). The number of benzene rings is 1. The first kappa shape index (κ1) is 18.9. The molecule has 0 aromatic heterocycles. The van der Waals surface area contributed by atoms with Crippen LogP contribution in [0.2, 0.25) is 0 Å². The van der Waals surface area contributed by atoms with Gasteiger partial charge in [-0.1, -0.05) is 56.5 Å². The van der Waals surface area contributed by atoms with Crippen LogP contribution in [-0.2, 0) is 16.0 Å². The Bertz CT molecular complexity index is 491. The van der Waals surface area contributed by atoms with Gasteiger partial charge in [0.15, 0.2) is 0 Å². The maximum absolute atomic E-state index is 12.3. The number of amides is 1. The maximum atomic E-state index is 12.3. The topological polar surface area (TPSA) is 41.6 Å². The first-order valence-electron chi connectivity index (χ1n) is 9.28. The number of hydrogen-bond acceptors (Lipinski definition) is 3. The third-order valence-corrected chi connectivity index (χ3v) is 5.10. The van der Waals surface area contributed by atoms with Gasteiger partial charge in [-0.3, -0.25) is 9.69 Å². The number of hydrogen-bond donors (Lipinski definition) is 1. The SMILES string of the molecule is CCC(CC)C(CNC(=O)Cc1ccc(C)cc1)N1CCOCC1. The average molecular weight is 332 g/mol. The van der Waals surface area contributed by atoms with Crippen LogP contribution in [0.15, 0.2) is 24.3 Å². The maximum Gasteiger partial charge on any atom is 0.224 e. The van der Waals surface area contributed by atoms with E-state index in [9.17, 15) is 4.79 Å². The molecular weight excluding hydrogens is 300 g/mol. The fourth-order valence-corrected chi connectivity index (χ4v) is 3.51. The third-order valence-electron chi connectivity index (χ3n) is 5.10. The molecule has 1 unspecified atom stereocenters. The molecule has 24 heavy (non-hydrogen) atoms. The lowest BCUT2D eigenvalue weighted by atomic mass is 9.92. The van der Waals surface area contributed by atoms with E-state index in [1.165, 1.54) is 5.56 Å². The zero-order valence-electron chi connectivity index (χ0n) is 15.4. The van der Waals surface area contributed by atoms with E-state index in [0.717, 1.165) is 51.3 Å². The minimum Gasteiger partial charge on any atom is -0.379 e. The highest BCUT2D eigenvalue weighted by Crippen LogP contribution is 2.19. The van der Waals surface area contributed by atoms with Gasteiger partial charge in [0.25, 0.3) is 0 Å². The van der Waals surface area contributed by atoms with Crippen LogP contribution in [0.4, 0.5) is 0 Å². The number of nitrogens with one attached hydrogen (secondary N) is 1. The van der Waals surface area contributed by atoms with Crippen molar-refractivity contribution in [2.75, 3.05) is 32.8 Å². The molecule has 2 rings (SSSR count). The van der Waals surface area contributed by atoms with Gasteiger partial charge in [0.05, 0.1) is 19.6 Å². The van der Waals surface area contributed by atoms with Gasteiger partial charge >= 0.3 is 0 Å². The lowest BCUT2D eigenvalue weighted by molar-refractivity contribution is -0.121. The van der Waals surface area contributed by atoms with Crippen molar-refractivity contribution in [2.24, 2.45) is 5.92 Å². The molecule has 0 saturated carbocycles. The molecule has 0 spiro atoms. The molecular formula is C20H32N2O2. The lowest BCUT2D eigenvalue weighted by Gasteiger charge is -2.38. The van der Waals surface area contributed by atoms with E-state index in [1.807, 2.05) is 12.1 Å². The molecule has 0 aliphatic carbocycles. The molecule has 1 aromatic carbocycles. The number of morpholine rings is 1. The van der Waals surface area contributed by atoms with Gasteiger partial charge in [-0.2, -0.15) is 0 Å². The van der Waals surface area contributed by atoms with Crippen molar-refractivity contribution in [3.63, 3.8) is 0 Å². The summed E-state index contributed by atoms with van der Waals surface area (Å²) in [5.74, 6) is 0.728. The van der Waals surface area contributed by atoms with Crippen molar-refractivity contribution < 1.29 is 9.53 Å². The first-order chi connectivity index (χ1) is 11.6. The van der Waals surface area contributed by atoms with Gasteiger partial charge in [-0.15, -0.1) is 0 Å². The molecule has 1 saturated heterocycles. The summed E-state index contributed by atoms with van der Waals surface area (Å²) in [7, 11) is 0. The minimum absolute atomic E-state index is 0.114. The van der Waals surface area contributed by atoms with Crippen molar-refractivity contribution in [1.29, 1.82) is 0 Å². The molecule has 1 heterocycles. The molecule has 1 amide bonds. The van der Waals surface area contributed by atoms with Crippen LogP contribution in [0.5, 0.6) is 0 Å². The van der Waals surface area contributed by atoms with Crippen molar-refractivity contribution in [3.05, 3.63) is 35.4 Å². The summed E-state index contributed by atoms with van der Waals surface area (Å²) in [6, 6.07) is 8.60.